The fourth-order valence-electron chi connectivity index (χ4n) is 4.45. The molecule has 3 aromatic rings. The summed E-state index contributed by atoms with van der Waals surface area (Å²) in [6.45, 7) is 11.1. The maximum atomic E-state index is 14.0. The lowest BCUT2D eigenvalue weighted by atomic mass is 9.96. The highest BCUT2D eigenvalue weighted by atomic mass is 16.6. The van der Waals surface area contributed by atoms with Crippen LogP contribution in [-0.2, 0) is 20.7 Å². The molecule has 3 amide bonds. The summed E-state index contributed by atoms with van der Waals surface area (Å²) in [6.07, 6.45) is -0.458. The van der Waals surface area contributed by atoms with Crippen LogP contribution in [0.1, 0.15) is 54.6 Å². The molecule has 0 bridgehead atoms. The number of nitrogens with one attached hydrogen (secondary N) is 2. The van der Waals surface area contributed by atoms with Gasteiger partial charge in [-0.05, 0) is 69.9 Å². The van der Waals surface area contributed by atoms with Gasteiger partial charge in [-0.1, -0.05) is 72.3 Å². The van der Waals surface area contributed by atoms with E-state index in [4.69, 9.17) is 4.74 Å². The van der Waals surface area contributed by atoms with Gasteiger partial charge < -0.3 is 20.3 Å². The minimum atomic E-state index is -0.952. The number of hydrogen-bond acceptors (Lipinski definition) is 4. The molecule has 0 aliphatic heterocycles. The third kappa shape index (κ3) is 8.18. The van der Waals surface area contributed by atoms with E-state index in [0.717, 1.165) is 22.3 Å². The second-order valence-electron chi connectivity index (χ2n) is 10.9. The van der Waals surface area contributed by atoms with Crippen LogP contribution >= 0.6 is 0 Å². The first-order chi connectivity index (χ1) is 18.4. The van der Waals surface area contributed by atoms with Crippen LogP contribution in [0.25, 0.3) is 0 Å². The maximum absolute atomic E-state index is 14.0. The van der Waals surface area contributed by atoms with Crippen LogP contribution in [-0.4, -0.2) is 41.5 Å². The van der Waals surface area contributed by atoms with Gasteiger partial charge in [0.2, 0.25) is 5.91 Å². The Balaban J connectivity index is 1.99. The average molecular weight is 530 g/mol. The van der Waals surface area contributed by atoms with E-state index in [1.807, 2.05) is 93.6 Å². The molecule has 0 aliphatic rings. The number of para-hydroxylation sites is 1. The molecule has 0 saturated carbocycles. The van der Waals surface area contributed by atoms with Gasteiger partial charge in [0.05, 0.1) is 0 Å². The first-order valence-corrected chi connectivity index (χ1v) is 13.1. The Hall–Kier alpha value is -4.13. The first-order valence-electron chi connectivity index (χ1n) is 13.1. The van der Waals surface area contributed by atoms with Crippen LogP contribution in [0.2, 0.25) is 0 Å². The Morgan fingerprint density at radius 1 is 0.872 bits per heavy atom. The van der Waals surface area contributed by atoms with Gasteiger partial charge in [0.15, 0.2) is 0 Å². The normalized spacial score (nSPS) is 12.7. The largest absolute Gasteiger partial charge is 0.444 e. The Kier molecular flexibility index (Phi) is 9.51. The van der Waals surface area contributed by atoms with Gasteiger partial charge >= 0.3 is 6.09 Å². The number of amides is 3. The van der Waals surface area contributed by atoms with Crippen LogP contribution in [0.4, 0.5) is 10.5 Å². The lowest BCUT2D eigenvalue weighted by molar-refractivity contribution is -0.139. The van der Waals surface area contributed by atoms with Crippen molar-refractivity contribution in [1.82, 2.24) is 10.2 Å². The van der Waals surface area contributed by atoms with Crippen molar-refractivity contribution in [2.75, 3.05) is 12.4 Å². The minimum absolute atomic E-state index is 0.238. The van der Waals surface area contributed by atoms with Crippen molar-refractivity contribution in [1.29, 1.82) is 0 Å². The molecule has 7 nitrogen and oxygen atoms in total. The summed E-state index contributed by atoms with van der Waals surface area (Å²) < 4.78 is 5.45. The number of rotatable bonds is 8. The Morgan fingerprint density at radius 2 is 1.51 bits per heavy atom. The summed E-state index contributed by atoms with van der Waals surface area (Å²) in [5, 5.41) is 5.75. The van der Waals surface area contributed by atoms with E-state index < -0.39 is 29.7 Å². The van der Waals surface area contributed by atoms with Crippen molar-refractivity contribution in [2.24, 2.45) is 0 Å². The highest BCUT2D eigenvalue weighted by molar-refractivity contribution is 5.99. The number of nitrogens with zero attached hydrogens (tertiary/aromatic N) is 1. The van der Waals surface area contributed by atoms with Gasteiger partial charge in [-0.2, -0.15) is 0 Å². The number of likely N-dealkylation sites (N-methyl/N-ethyl adjacent to an activating group) is 1. The zero-order valence-electron chi connectivity index (χ0n) is 23.9. The summed E-state index contributed by atoms with van der Waals surface area (Å²) >= 11 is 0. The second-order valence-corrected chi connectivity index (χ2v) is 10.9. The molecule has 3 aromatic carbocycles. The Labute approximate surface area is 231 Å². The quantitative estimate of drug-likeness (QED) is 0.381. The van der Waals surface area contributed by atoms with Crippen molar-refractivity contribution in [3.8, 4) is 0 Å². The van der Waals surface area contributed by atoms with Crippen LogP contribution in [0.3, 0.4) is 0 Å². The molecule has 3 rings (SSSR count). The Bertz CT molecular complexity index is 1310. The van der Waals surface area contributed by atoms with Crippen molar-refractivity contribution in [3.05, 3.63) is 101 Å². The number of carbonyl (C=O) groups excluding carboxylic acids is 3. The van der Waals surface area contributed by atoms with Crippen molar-refractivity contribution >= 4 is 23.6 Å². The molecule has 0 heterocycles. The van der Waals surface area contributed by atoms with Crippen LogP contribution in [0.15, 0.2) is 72.8 Å². The predicted molar refractivity (Wildman–Crippen MR) is 155 cm³/mol. The number of alkyl carbamates (subject to hydrolysis) is 1. The number of carbonyl (C=O) groups is 3. The summed E-state index contributed by atoms with van der Waals surface area (Å²) in [7, 11) is 1.60. The summed E-state index contributed by atoms with van der Waals surface area (Å²) in [5.74, 6) is -0.752. The summed E-state index contributed by atoms with van der Waals surface area (Å²) in [6, 6.07) is 20.8. The molecule has 0 aromatic heterocycles. The molecule has 0 fully saturated rings. The van der Waals surface area contributed by atoms with E-state index in [9.17, 15) is 14.4 Å². The molecule has 2 atom stereocenters. The second kappa shape index (κ2) is 12.6. The fourth-order valence-corrected chi connectivity index (χ4v) is 4.45. The third-order valence-electron chi connectivity index (χ3n) is 6.38. The zero-order chi connectivity index (χ0) is 28.7. The van der Waals surface area contributed by atoms with Gasteiger partial charge in [-0.15, -0.1) is 0 Å². The number of anilines is 1. The lowest BCUT2D eigenvalue weighted by Gasteiger charge is -2.32. The van der Waals surface area contributed by atoms with Crippen LogP contribution < -0.4 is 10.6 Å². The van der Waals surface area contributed by atoms with E-state index in [0.29, 0.717) is 11.3 Å². The van der Waals surface area contributed by atoms with Gasteiger partial charge in [0, 0.05) is 19.2 Å². The maximum Gasteiger partial charge on any atom is 0.408 e. The van der Waals surface area contributed by atoms with Gasteiger partial charge in [0.1, 0.15) is 17.7 Å². The third-order valence-corrected chi connectivity index (χ3v) is 6.38. The molecular formula is C32H39N3O4. The standard InChI is InChI=1S/C32H39N3O4/c1-21-17-18-25(23(3)19-21)28(29(36)33-26-16-12-11-13-22(26)2)35(7)30(37)27(20-24-14-9-8-10-15-24)34-31(38)39-32(4,5)6/h8-19,27-28H,20H2,1-7H3,(H,33,36)(H,34,38). The van der Waals surface area contributed by atoms with Crippen molar-refractivity contribution in [3.63, 3.8) is 0 Å². The molecule has 206 valence electrons. The molecule has 0 saturated heterocycles. The monoisotopic (exact) mass is 529 g/mol. The topological polar surface area (TPSA) is 87.7 Å². The molecule has 2 unspecified atom stereocenters. The number of benzene rings is 3. The van der Waals surface area contributed by atoms with E-state index >= 15 is 0 Å². The van der Waals surface area contributed by atoms with Crippen LogP contribution in [0, 0.1) is 20.8 Å². The van der Waals surface area contributed by atoms with Gasteiger partial charge in [-0.25, -0.2) is 4.79 Å². The summed E-state index contributed by atoms with van der Waals surface area (Å²) in [5.41, 5.74) is 4.37. The van der Waals surface area contributed by atoms with E-state index in [1.54, 1.807) is 27.8 Å². The highest BCUT2D eigenvalue weighted by Gasteiger charge is 2.35. The van der Waals surface area contributed by atoms with E-state index in [2.05, 4.69) is 10.6 Å². The summed E-state index contributed by atoms with van der Waals surface area (Å²) in [4.78, 5) is 42.0. The van der Waals surface area contributed by atoms with E-state index in [1.165, 1.54) is 4.90 Å². The van der Waals surface area contributed by atoms with E-state index in [-0.39, 0.29) is 12.3 Å². The molecule has 39 heavy (non-hydrogen) atoms. The fraction of sp³-hybridized carbons (Fsp3) is 0.344. The number of hydrogen-bond donors (Lipinski definition) is 2. The molecule has 7 heteroatoms. The smallest absolute Gasteiger partial charge is 0.408 e. The van der Waals surface area contributed by atoms with Gasteiger partial charge in [0.25, 0.3) is 5.91 Å². The SMILES string of the molecule is Cc1ccc(C(C(=O)Nc2ccccc2C)N(C)C(=O)C(Cc2ccccc2)NC(=O)OC(C)(C)C)c(C)c1. The van der Waals surface area contributed by atoms with Gasteiger partial charge in [-0.3, -0.25) is 9.59 Å². The predicted octanol–water partition coefficient (Wildman–Crippen LogP) is 5.89. The molecule has 2 N–H and O–H groups in total. The average Bonchev–Trinajstić information content (AvgIpc) is 2.85. The first kappa shape index (κ1) is 29.4. The molecular weight excluding hydrogens is 490 g/mol. The zero-order valence-corrected chi connectivity index (χ0v) is 23.9. The van der Waals surface area contributed by atoms with Crippen LogP contribution in [0.5, 0.6) is 0 Å². The molecule has 0 aliphatic carbocycles. The lowest BCUT2D eigenvalue weighted by Crippen LogP contribution is -2.52. The molecule has 0 radical (unpaired) electrons. The number of ether oxygens (including phenoxy) is 1. The van der Waals surface area contributed by atoms with Crippen molar-refractivity contribution in [2.45, 2.75) is 65.6 Å². The van der Waals surface area contributed by atoms with Crippen molar-refractivity contribution < 1.29 is 19.1 Å². The highest BCUT2D eigenvalue weighted by Crippen LogP contribution is 2.27. The Morgan fingerprint density at radius 3 is 2.13 bits per heavy atom. The minimum Gasteiger partial charge on any atom is -0.444 e. The number of aryl methyl sites for hydroxylation is 3. The molecule has 0 spiro atoms.